The van der Waals surface area contributed by atoms with E-state index in [1.807, 2.05) is 0 Å². The second-order valence-electron chi connectivity index (χ2n) is 3.89. The van der Waals surface area contributed by atoms with E-state index in [0.29, 0.717) is 11.8 Å². The van der Waals surface area contributed by atoms with Gasteiger partial charge in [0.05, 0.1) is 12.0 Å². The molecular formula is C10H14N4. The van der Waals surface area contributed by atoms with Crippen LogP contribution in [0.5, 0.6) is 0 Å². The molecule has 0 aliphatic rings. The van der Waals surface area contributed by atoms with Gasteiger partial charge in [-0.05, 0) is 5.92 Å². The van der Waals surface area contributed by atoms with E-state index >= 15 is 0 Å². The number of aromatic nitrogens is 4. The molecule has 2 aromatic rings. The van der Waals surface area contributed by atoms with Gasteiger partial charge in [0, 0.05) is 5.92 Å². The van der Waals surface area contributed by atoms with Crippen molar-refractivity contribution in [1.29, 1.82) is 0 Å². The van der Waals surface area contributed by atoms with Crippen LogP contribution in [-0.2, 0) is 0 Å². The fourth-order valence-corrected chi connectivity index (χ4v) is 1.44. The molecule has 4 heteroatoms. The molecule has 14 heavy (non-hydrogen) atoms. The Morgan fingerprint density at radius 1 is 1.14 bits per heavy atom. The van der Waals surface area contributed by atoms with Crippen LogP contribution in [0.3, 0.4) is 0 Å². The van der Waals surface area contributed by atoms with E-state index < -0.39 is 0 Å². The molecule has 0 saturated carbocycles. The highest BCUT2D eigenvalue weighted by molar-refractivity contribution is 5.72. The molecule has 74 valence electrons. The fraction of sp³-hybridized carbons (Fsp3) is 0.500. The molecule has 2 heterocycles. The molecule has 0 aliphatic heterocycles. The SMILES string of the molecule is CC(C)C(C)c1ncnc2nc[nH]c12. The lowest BCUT2D eigenvalue weighted by molar-refractivity contribution is 0.526. The van der Waals surface area contributed by atoms with E-state index in [1.54, 1.807) is 12.7 Å². The van der Waals surface area contributed by atoms with Crippen LogP contribution in [-0.4, -0.2) is 19.9 Å². The van der Waals surface area contributed by atoms with Crippen LogP contribution in [0.15, 0.2) is 12.7 Å². The first-order chi connectivity index (χ1) is 6.70. The number of rotatable bonds is 2. The lowest BCUT2D eigenvalue weighted by Gasteiger charge is -2.14. The summed E-state index contributed by atoms with van der Waals surface area (Å²) in [6.07, 6.45) is 3.24. The maximum atomic E-state index is 4.32. The minimum absolute atomic E-state index is 0.418. The third kappa shape index (κ3) is 1.36. The van der Waals surface area contributed by atoms with Crippen molar-refractivity contribution in [2.75, 3.05) is 0 Å². The van der Waals surface area contributed by atoms with Crippen molar-refractivity contribution in [2.24, 2.45) is 5.92 Å². The molecule has 1 N–H and O–H groups in total. The van der Waals surface area contributed by atoms with Crippen molar-refractivity contribution in [3.8, 4) is 0 Å². The first-order valence-electron chi connectivity index (χ1n) is 4.84. The molecule has 0 fully saturated rings. The van der Waals surface area contributed by atoms with Crippen LogP contribution in [0, 0.1) is 5.92 Å². The van der Waals surface area contributed by atoms with Gasteiger partial charge in [-0.1, -0.05) is 20.8 Å². The van der Waals surface area contributed by atoms with Crippen molar-refractivity contribution >= 4 is 11.2 Å². The molecule has 0 radical (unpaired) electrons. The zero-order chi connectivity index (χ0) is 10.1. The second-order valence-corrected chi connectivity index (χ2v) is 3.89. The Balaban J connectivity index is 2.56. The van der Waals surface area contributed by atoms with Gasteiger partial charge >= 0.3 is 0 Å². The zero-order valence-electron chi connectivity index (χ0n) is 8.65. The summed E-state index contributed by atoms with van der Waals surface area (Å²) in [5.41, 5.74) is 2.78. The van der Waals surface area contributed by atoms with Crippen LogP contribution in [0.4, 0.5) is 0 Å². The van der Waals surface area contributed by atoms with E-state index in [4.69, 9.17) is 0 Å². The Hall–Kier alpha value is -1.45. The summed E-state index contributed by atoms with van der Waals surface area (Å²) in [6, 6.07) is 0. The van der Waals surface area contributed by atoms with Crippen molar-refractivity contribution in [2.45, 2.75) is 26.7 Å². The van der Waals surface area contributed by atoms with Crippen LogP contribution in [0.2, 0.25) is 0 Å². The van der Waals surface area contributed by atoms with Crippen LogP contribution in [0.25, 0.3) is 11.2 Å². The Kier molecular flexibility index (Phi) is 2.19. The van der Waals surface area contributed by atoms with Gasteiger partial charge in [0.1, 0.15) is 11.8 Å². The molecule has 4 nitrogen and oxygen atoms in total. The normalized spacial score (nSPS) is 13.7. The monoisotopic (exact) mass is 190 g/mol. The van der Waals surface area contributed by atoms with Crippen LogP contribution < -0.4 is 0 Å². The van der Waals surface area contributed by atoms with Crippen molar-refractivity contribution in [1.82, 2.24) is 19.9 Å². The quantitative estimate of drug-likeness (QED) is 0.789. The predicted octanol–water partition coefficient (Wildman–Crippen LogP) is 2.11. The second kappa shape index (κ2) is 3.36. The standard InChI is InChI=1S/C10H14N4/c1-6(2)7(3)8-9-10(13-4-11-8)14-5-12-9/h4-7H,1-3H3,(H,11,12,13,14). The largest absolute Gasteiger partial charge is 0.342 e. The molecule has 0 amide bonds. The van der Waals surface area contributed by atoms with Gasteiger partial charge in [0.2, 0.25) is 0 Å². The minimum atomic E-state index is 0.418. The molecule has 2 aromatic heterocycles. The third-order valence-corrected chi connectivity index (χ3v) is 2.68. The number of imidazole rings is 1. The number of hydrogen-bond donors (Lipinski definition) is 1. The molecule has 0 bridgehead atoms. The summed E-state index contributed by atoms with van der Waals surface area (Å²) in [5.74, 6) is 0.984. The van der Waals surface area contributed by atoms with Gasteiger partial charge in [-0.2, -0.15) is 0 Å². The number of nitrogens with zero attached hydrogens (tertiary/aromatic N) is 3. The lowest BCUT2D eigenvalue weighted by atomic mass is 9.94. The number of hydrogen-bond acceptors (Lipinski definition) is 3. The summed E-state index contributed by atoms with van der Waals surface area (Å²) >= 11 is 0. The molecule has 2 rings (SSSR count). The molecule has 1 atom stereocenters. The number of nitrogens with one attached hydrogen (secondary N) is 1. The summed E-state index contributed by atoms with van der Waals surface area (Å²) in [4.78, 5) is 15.6. The Bertz CT molecular complexity index is 432. The molecule has 0 spiro atoms. The molecule has 0 aliphatic carbocycles. The fourth-order valence-electron chi connectivity index (χ4n) is 1.44. The number of H-pyrrole nitrogens is 1. The van der Waals surface area contributed by atoms with Gasteiger partial charge in [-0.25, -0.2) is 15.0 Å². The summed E-state index contributed by atoms with van der Waals surface area (Å²) in [7, 11) is 0. The van der Waals surface area contributed by atoms with Gasteiger partial charge in [0.25, 0.3) is 0 Å². The number of aromatic amines is 1. The van der Waals surface area contributed by atoms with E-state index in [1.165, 1.54) is 0 Å². The molecule has 0 aromatic carbocycles. The average Bonchev–Trinajstić information content (AvgIpc) is 2.63. The predicted molar refractivity (Wildman–Crippen MR) is 54.9 cm³/mol. The van der Waals surface area contributed by atoms with E-state index in [2.05, 4.69) is 40.7 Å². The Morgan fingerprint density at radius 3 is 2.64 bits per heavy atom. The van der Waals surface area contributed by atoms with Crippen molar-refractivity contribution in [3.63, 3.8) is 0 Å². The maximum Gasteiger partial charge on any atom is 0.180 e. The average molecular weight is 190 g/mol. The van der Waals surface area contributed by atoms with E-state index in [0.717, 1.165) is 16.9 Å². The highest BCUT2D eigenvalue weighted by atomic mass is 15.0. The van der Waals surface area contributed by atoms with Gasteiger partial charge in [-0.15, -0.1) is 0 Å². The molecule has 1 unspecified atom stereocenters. The molecule has 0 saturated heterocycles. The summed E-state index contributed by atoms with van der Waals surface area (Å²) in [5, 5.41) is 0. The smallest absolute Gasteiger partial charge is 0.180 e. The Labute approximate surface area is 82.8 Å². The van der Waals surface area contributed by atoms with Gasteiger partial charge < -0.3 is 4.98 Å². The van der Waals surface area contributed by atoms with E-state index in [9.17, 15) is 0 Å². The minimum Gasteiger partial charge on any atom is -0.342 e. The first kappa shape index (κ1) is 9.12. The third-order valence-electron chi connectivity index (χ3n) is 2.68. The number of fused-ring (bicyclic) bond motifs is 1. The maximum absolute atomic E-state index is 4.32. The summed E-state index contributed by atoms with van der Waals surface area (Å²) in [6.45, 7) is 6.55. The van der Waals surface area contributed by atoms with E-state index in [-0.39, 0.29) is 0 Å². The zero-order valence-corrected chi connectivity index (χ0v) is 8.65. The first-order valence-corrected chi connectivity index (χ1v) is 4.84. The van der Waals surface area contributed by atoms with Crippen molar-refractivity contribution < 1.29 is 0 Å². The topological polar surface area (TPSA) is 54.5 Å². The van der Waals surface area contributed by atoms with Crippen molar-refractivity contribution in [3.05, 3.63) is 18.3 Å². The lowest BCUT2D eigenvalue weighted by Crippen LogP contribution is -2.05. The Morgan fingerprint density at radius 2 is 1.93 bits per heavy atom. The van der Waals surface area contributed by atoms with Crippen LogP contribution >= 0.6 is 0 Å². The molecular weight excluding hydrogens is 176 g/mol. The highest BCUT2D eigenvalue weighted by Crippen LogP contribution is 2.25. The van der Waals surface area contributed by atoms with Gasteiger partial charge in [-0.3, -0.25) is 0 Å². The van der Waals surface area contributed by atoms with Gasteiger partial charge in [0.15, 0.2) is 5.65 Å². The highest BCUT2D eigenvalue weighted by Gasteiger charge is 2.15. The summed E-state index contributed by atoms with van der Waals surface area (Å²) < 4.78 is 0. The van der Waals surface area contributed by atoms with Crippen LogP contribution in [0.1, 0.15) is 32.4 Å².